The van der Waals surface area contributed by atoms with Crippen molar-refractivity contribution in [3.8, 4) is 0 Å². The fourth-order valence-corrected chi connectivity index (χ4v) is 2.96. The van der Waals surface area contributed by atoms with Gasteiger partial charge in [-0.2, -0.15) is 0 Å². The summed E-state index contributed by atoms with van der Waals surface area (Å²) in [6, 6.07) is 8.72. The molecule has 0 aromatic heterocycles. The van der Waals surface area contributed by atoms with Crippen molar-refractivity contribution in [3.63, 3.8) is 0 Å². The van der Waals surface area contributed by atoms with Crippen LogP contribution in [-0.4, -0.2) is 30.9 Å². The zero-order valence-corrected chi connectivity index (χ0v) is 14.0. The molecule has 0 bridgehead atoms. The second kappa shape index (κ2) is 8.67. The molecule has 3 N–H and O–H groups in total. The van der Waals surface area contributed by atoms with E-state index < -0.39 is 6.04 Å². The molecule has 126 valence electrons. The minimum Gasteiger partial charge on any atom is -0.345 e. The molecule has 1 aliphatic heterocycles. The number of benzene rings is 1. The molecule has 1 saturated heterocycles. The van der Waals surface area contributed by atoms with Gasteiger partial charge in [-0.15, -0.1) is 0 Å². The Kier molecular flexibility index (Phi) is 6.59. The zero-order valence-electron chi connectivity index (χ0n) is 14.0. The van der Waals surface area contributed by atoms with Crippen molar-refractivity contribution in [2.45, 2.75) is 39.2 Å². The summed E-state index contributed by atoms with van der Waals surface area (Å²) in [5.41, 5.74) is 0.736. The Hall–Kier alpha value is -1.88. The molecule has 3 atom stereocenters. The quantitative estimate of drug-likeness (QED) is 0.753. The van der Waals surface area contributed by atoms with Gasteiger partial charge < -0.3 is 16.0 Å². The van der Waals surface area contributed by atoms with Crippen LogP contribution in [0, 0.1) is 11.8 Å². The van der Waals surface area contributed by atoms with E-state index in [0.717, 1.165) is 18.8 Å². The van der Waals surface area contributed by atoms with Crippen molar-refractivity contribution < 1.29 is 9.59 Å². The standard InChI is InChI=1S/C18H27N3O2/c1-13(15-7-6-10-19-12-15)11-17(22)20-14(2)18(23)21-16-8-4-3-5-9-16/h3-5,8-9,13-15,19H,6-7,10-12H2,1-2H3,(H,20,22)(H,21,23). The van der Waals surface area contributed by atoms with Crippen LogP contribution < -0.4 is 16.0 Å². The monoisotopic (exact) mass is 317 g/mol. The Morgan fingerprint density at radius 2 is 2.00 bits per heavy atom. The molecule has 5 heteroatoms. The van der Waals surface area contributed by atoms with E-state index in [1.807, 2.05) is 30.3 Å². The lowest BCUT2D eigenvalue weighted by Crippen LogP contribution is -2.43. The highest BCUT2D eigenvalue weighted by molar-refractivity contribution is 5.96. The first-order chi connectivity index (χ1) is 11.1. The summed E-state index contributed by atoms with van der Waals surface area (Å²) in [5, 5.41) is 8.98. The van der Waals surface area contributed by atoms with Crippen LogP contribution >= 0.6 is 0 Å². The second-order valence-corrected chi connectivity index (χ2v) is 6.43. The molecule has 5 nitrogen and oxygen atoms in total. The van der Waals surface area contributed by atoms with Crippen molar-refractivity contribution in [2.75, 3.05) is 18.4 Å². The average molecular weight is 317 g/mol. The third-order valence-electron chi connectivity index (χ3n) is 4.46. The fourth-order valence-electron chi connectivity index (χ4n) is 2.96. The topological polar surface area (TPSA) is 70.2 Å². The molecule has 1 fully saturated rings. The van der Waals surface area contributed by atoms with Gasteiger partial charge in [0.25, 0.3) is 0 Å². The highest BCUT2D eigenvalue weighted by atomic mass is 16.2. The normalized spacial score (nSPS) is 20.3. The number of hydrogen-bond donors (Lipinski definition) is 3. The van der Waals surface area contributed by atoms with Crippen LogP contribution in [0.4, 0.5) is 5.69 Å². The molecule has 0 spiro atoms. The fraction of sp³-hybridized carbons (Fsp3) is 0.556. The summed E-state index contributed by atoms with van der Waals surface area (Å²) >= 11 is 0. The Balaban J connectivity index is 1.76. The molecule has 0 aliphatic carbocycles. The lowest BCUT2D eigenvalue weighted by Gasteiger charge is -2.28. The largest absolute Gasteiger partial charge is 0.345 e. The zero-order chi connectivity index (χ0) is 16.7. The smallest absolute Gasteiger partial charge is 0.246 e. The molecule has 2 rings (SSSR count). The number of piperidine rings is 1. The Labute approximate surface area is 138 Å². The van der Waals surface area contributed by atoms with Gasteiger partial charge in [-0.3, -0.25) is 9.59 Å². The van der Waals surface area contributed by atoms with Gasteiger partial charge in [0.1, 0.15) is 6.04 Å². The van der Waals surface area contributed by atoms with Crippen LogP contribution in [0.25, 0.3) is 0 Å². The third-order valence-corrected chi connectivity index (χ3v) is 4.46. The number of carbonyl (C=O) groups is 2. The molecule has 0 saturated carbocycles. The van der Waals surface area contributed by atoms with Crippen molar-refractivity contribution >= 4 is 17.5 Å². The SMILES string of the molecule is CC(NC(=O)CC(C)C1CCCNC1)C(=O)Nc1ccccc1. The van der Waals surface area contributed by atoms with Gasteiger partial charge in [0.15, 0.2) is 0 Å². The number of hydrogen-bond acceptors (Lipinski definition) is 3. The lowest BCUT2D eigenvalue weighted by molar-refractivity contribution is -0.127. The van der Waals surface area contributed by atoms with E-state index in [9.17, 15) is 9.59 Å². The first-order valence-electron chi connectivity index (χ1n) is 8.42. The number of anilines is 1. The Morgan fingerprint density at radius 3 is 2.65 bits per heavy atom. The Morgan fingerprint density at radius 1 is 1.26 bits per heavy atom. The minimum atomic E-state index is -0.542. The van der Waals surface area contributed by atoms with Crippen molar-refractivity contribution in [3.05, 3.63) is 30.3 Å². The van der Waals surface area contributed by atoms with E-state index in [4.69, 9.17) is 0 Å². The van der Waals surface area contributed by atoms with Crippen LogP contribution in [0.5, 0.6) is 0 Å². The average Bonchev–Trinajstić information content (AvgIpc) is 2.56. The first kappa shape index (κ1) is 17.5. The maximum absolute atomic E-state index is 12.2. The summed E-state index contributed by atoms with van der Waals surface area (Å²) in [4.78, 5) is 24.3. The maximum Gasteiger partial charge on any atom is 0.246 e. The molecule has 1 aromatic carbocycles. The highest BCUT2D eigenvalue weighted by Gasteiger charge is 2.23. The van der Waals surface area contributed by atoms with Crippen LogP contribution in [0.1, 0.15) is 33.1 Å². The highest BCUT2D eigenvalue weighted by Crippen LogP contribution is 2.22. The molecule has 0 radical (unpaired) electrons. The summed E-state index contributed by atoms with van der Waals surface area (Å²) in [6.07, 6.45) is 2.81. The third kappa shape index (κ3) is 5.67. The number of rotatable bonds is 6. The van der Waals surface area contributed by atoms with Crippen molar-refractivity contribution in [2.24, 2.45) is 11.8 Å². The number of amides is 2. The van der Waals surface area contributed by atoms with Crippen molar-refractivity contribution in [1.29, 1.82) is 0 Å². The van der Waals surface area contributed by atoms with Crippen LogP contribution in [-0.2, 0) is 9.59 Å². The van der Waals surface area contributed by atoms with Gasteiger partial charge in [-0.1, -0.05) is 25.1 Å². The number of carbonyl (C=O) groups excluding carboxylic acids is 2. The Bertz CT molecular complexity index is 512. The van der Waals surface area contributed by atoms with Crippen LogP contribution in [0.15, 0.2) is 30.3 Å². The van der Waals surface area contributed by atoms with Crippen molar-refractivity contribution in [1.82, 2.24) is 10.6 Å². The lowest BCUT2D eigenvalue weighted by atomic mass is 9.85. The van der Waals surface area contributed by atoms with Gasteiger partial charge >= 0.3 is 0 Å². The molecule has 1 aromatic rings. The summed E-state index contributed by atoms with van der Waals surface area (Å²) in [6.45, 7) is 5.89. The summed E-state index contributed by atoms with van der Waals surface area (Å²) in [7, 11) is 0. The van der Waals surface area contributed by atoms with Gasteiger partial charge in [-0.25, -0.2) is 0 Å². The predicted octanol–water partition coefficient (Wildman–Crippen LogP) is 2.16. The molecule has 3 unspecified atom stereocenters. The van der Waals surface area contributed by atoms with Crippen LogP contribution in [0.2, 0.25) is 0 Å². The van der Waals surface area contributed by atoms with E-state index >= 15 is 0 Å². The number of para-hydroxylation sites is 1. The minimum absolute atomic E-state index is 0.0567. The van der Waals surface area contributed by atoms with Gasteiger partial charge in [-0.05, 0) is 56.8 Å². The molecule has 2 amide bonds. The van der Waals surface area contributed by atoms with E-state index in [1.165, 1.54) is 12.8 Å². The van der Waals surface area contributed by atoms with Gasteiger partial charge in [0.05, 0.1) is 0 Å². The molecule has 1 aliphatic rings. The van der Waals surface area contributed by atoms with Gasteiger partial charge in [0.2, 0.25) is 11.8 Å². The summed E-state index contributed by atoms with van der Waals surface area (Å²) < 4.78 is 0. The second-order valence-electron chi connectivity index (χ2n) is 6.43. The summed E-state index contributed by atoms with van der Waals surface area (Å²) in [5.74, 6) is 0.616. The van der Waals surface area contributed by atoms with E-state index in [1.54, 1.807) is 6.92 Å². The van der Waals surface area contributed by atoms with Crippen LogP contribution in [0.3, 0.4) is 0 Å². The van der Waals surface area contributed by atoms with Gasteiger partial charge in [0, 0.05) is 12.1 Å². The number of nitrogens with one attached hydrogen (secondary N) is 3. The molecular formula is C18H27N3O2. The predicted molar refractivity (Wildman–Crippen MR) is 92.1 cm³/mol. The van der Waals surface area contributed by atoms with E-state index in [2.05, 4.69) is 22.9 Å². The van der Waals surface area contributed by atoms with E-state index in [-0.39, 0.29) is 11.8 Å². The molecular weight excluding hydrogens is 290 g/mol. The molecule has 23 heavy (non-hydrogen) atoms. The first-order valence-corrected chi connectivity index (χ1v) is 8.42. The van der Waals surface area contributed by atoms with E-state index in [0.29, 0.717) is 18.3 Å². The molecule has 1 heterocycles. The maximum atomic E-state index is 12.2.